The lowest BCUT2D eigenvalue weighted by Crippen LogP contribution is -2.55. The Labute approximate surface area is 253 Å². The first-order chi connectivity index (χ1) is 20.1. The number of allylic oxidation sites excluding steroid dienone is 2. The first-order valence-corrected chi connectivity index (χ1v) is 16.4. The van der Waals surface area contributed by atoms with E-state index in [1.54, 1.807) is 6.07 Å². The molecule has 6 rings (SSSR count). The fourth-order valence-electron chi connectivity index (χ4n) is 10.5. The van der Waals surface area contributed by atoms with Gasteiger partial charge in [-0.05, 0) is 111 Å². The third kappa shape index (κ3) is 5.56. The molecule has 0 aromatic heterocycles. The van der Waals surface area contributed by atoms with Crippen molar-refractivity contribution in [3.8, 4) is 5.75 Å². The zero-order valence-electron chi connectivity index (χ0n) is 26.2. The molecule has 0 amide bonds. The van der Waals surface area contributed by atoms with Gasteiger partial charge in [-0.3, -0.25) is 0 Å². The topological polar surface area (TPSA) is 47.9 Å². The molecule has 1 N–H and O–H groups in total. The van der Waals surface area contributed by atoms with Gasteiger partial charge in [-0.2, -0.15) is 0 Å². The van der Waals surface area contributed by atoms with Crippen LogP contribution in [0, 0.1) is 40.4 Å². The second-order valence-electron chi connectivity index (χ2n) is 15.2. The van der Waals surface area contributed by atoms with Gasteiger partial charge in [0.15, 0.2) is 5.79 Å². The first kappa shape index (κ1) is 31.3. The summed E-state index contributed by atoms with van der Waals surface area (Å²) in [4.78, 5) is 0. The van der Waals surface area contributed by atoms with Crippen LogP contribution in [0.3, 0.4) is 0 Å². The highest BCUT2D eigenvalue weighted by molar-refractivity contribution is 5.35. The van der Waals surface area contributed by atoms with Gasteiger partial charge >= 0.3 is 6.36 Å². The lowest BCUT2D eigenvalue weighted by molar-refractivity contribution is -0.275. The third-order valence-corrected chi connectivity index (χ3v) is 12.4. The van der Waals surface area contributed by atoms with Crippen molar-refractivity contribution < 1.29 is 36.9 Å². The number of para-hydroxylation sites is 1. The molecule has 0 radical (unpaired) electrons. The summed E-state index contributed by atoms with van der Waals surface area (Å²) in [5, 5.41) is 10.8. The summed E-state index contributed by atoms with van der Waals surface area (Å²) in [6.07, 6.45) is 2.71. The van der Waals surface area contributed by atoms with Crippen LogP contribution in [0.1, 0.15) is 110 Å². The van der Waals surface area contributed by atoms with Crippen molar-refractivity contribution in [2.45, 2.75) is 129 Å². The monoisotopic (exact) mass is 608 g/mol. The molecule has 0 bridgehead atoms. The van der Waals surface area contributed by atoms with Gasteiger partial charge in [0, 0.05) is 12.0 Å². The second-order valence-corrected chi connectivity index (χ2v) is 15.2. The maximum Gasteiger partial charge on any atom is 0.573 e. The highest BCUT2D eigenvalue weighted by atomic mass is 19.4. The number of aliphatic hydroxyl groups excluding tert-OH is 1. The van der Waals surface area contributed by atoms with Crippen LogP contribution in [0.15, 0.2) is 35.7 Å². The van der Waals surface area contributed by atoms with Gasteiger partial charge < -0.3 is 19.3 Å². The number of hydrogen-bond donors (Lipinski definition) is 1. The van der Waals surface area contributed by atoms with Gasteiger partial charge in [0.05, 0.1) is 18.3 Å². The summed E-state index contributed by atoms with van der Waals surface area (Å²) in [7, 11) is 0. The predicted octanol–water partition coefficient (Wildman–Crippen LogP) is 9.43. The Bertz CT molecular complexity index is 1230. The lowest BCUT2D eigenvalue weighted by atomic mass is 9.47. The van der Waals surface area contributed by atoms with E-state index in [-0.39, 0.29) is 57.9 Å². The van der Waals surface area contributed by atoms with E-state index in [2.05, 4.69) is 25.5 Å². The van der Waals surface area contributed by atoms with E-state index in [1.807, 2.05) is 13.8 Å². The van der Waals surface area contributed by atoms with Crippen molar-refractivity contribution in [1.29, 1.82) is 0 Å². The quantitative estimate of drug-likeness (QED) is 0.313. The molecule has 4 fully saturated rings. The molecule has 10 atom stereocenters. The summed E-state index contributed by atoms with van der Waals surface area (Å²) >= 11 is 0. The Hall–Kier alpha value is -1.64. The van der Waals surface area contributed by atoms with E-state index < -0.39 is 18.3 Å². The Kier molecular flexibility index (Phi) is 8.03. The fourth-order valence-corrected chi connectivity index (χ4v) is 10.5. The molecule has 5 aliphatic rings. The molecule has 240 valence electrons. The number of rotatable bonds is 7. The zero-order valence-corrected chi connectivity index (χ0v) is 26.2. The molecular weight excluding hydrogens is 560 g/mol. The summed E-state index contributed by atoms with van der Waals surface area (Å²) in [6, 6.07) is 5.82. The molecule has 4 nitrogen and oxygen atoms in total. The standard InChI is InChI=1S/C35H48F4O4/c1-20(9-8-11-27(40)21-10-6-7-12-28(21)42-35(37,38)39)22-13-14-23-30-24(15-17-33(22,23)4)34(5)18-16-29-31(25(34)19-26(30)36)43-32(2,3)41-29/h6-7,10,12,20,22-25,27,29,31,40H,8-9,11,13-19H2,1-5H3/t20-,22-,23+,24+,25+,27?,29+,31-,33-,34-/m1/s1. The Morgan fingerprint density at radius 1 is 0.953 bits per heavy atom. The fraction of sp³-hybridized carbons (Fsp3) is 0.771. The van der Waals surface area contributed by atoms with Crippen molar-refractivity contribution in [2.75, 3.05) is 0 Å². The molecule has 1 saturated heterocycles. The van der Waals surface area contributed by atoms with E-state index in [4.69, 9.17) is 9.47 Å². The minimum Gasteiger partial charge on any atom is -0.405 e. The van der Waals surface area contributed by atoms with E-state index in [0.717, 1.165) is 50.5 Å². The molecule has 3 saturated carbocycles. The van der Waals surface area contributed by atoms with Gasteiger partial charge in [-0.1, -0.05) is 51.8 Å². The van der Waals surface area contributed by atoms with Crippen LogP contribution < -0.4 is 4.74 Å². The number of ether oxygens (including phenoxy) is 3. The average molecular weight is 609 g/mol. The van der Waals surface area contributed by atoms with Crippen molar-refractivity contribution in [2.24, 2.45) is 40.4 Å². The lowest BCUT2D eigenvalue weighted by Gasteiger charge is -2.58. The van der Waals surface area contributed by atoms with Crippen molar-refractivity contribution in [3.05, 3.63) is 41.2 Å². The maximum absolute atomic E-state index is 16.3. The smallest absolute Gasteiger partial charge is 0.405 e. The Morgan fingerprint density at radius 3 is 2.40 bits per heavy atom. The maximum atomic E-state index is 16.3. The number of aliphatic hydroxyl groups is 1. The molecule has 1 aromatic carbocycles. The molecule has 1 aromatic rings. The van der Waals surface area contributed by atoms with Crippen molar-refractivity contribution >= 4 is 0 Å². The van der Waals surface area contributed by atoms with Crippen LogP contribution >= 0.6 is 0 Å². The van der Waals surface area contributed by atoms with Crippen LogP contribution in [0.2, 0.25) is 0 Å². The minimum atomic E-state index is -4.81. The van der Waals surface area contributed by atoms with E-state index in [9.17, 15) is 18.3 Å². The average Bonchev–Trinajstić information content (AvgIpc) is 3.44. The summed E-state index contributed by atoms with van der Waals surface area (Å²) in [6.45, 7) is 11.0. The van der Waals surface area contributed by atoms with Crippen LogP contribution in [-0.4, -0.2) is 29.5 Å². The second kappa shape index (κ2) is 11.0. The van der Waals surface area contributed by atoms with Crippen LogP contribution in [0.4, 0.5) is 17.6 Å². The molecule has 8 heteroatoms. The summed E-state index contributed by atoms with van der Waals surface area (Å²) in [5.74, 6) is 0.611. The Morgan fingerprint density at radius 2 is 1.65 bits per heavy atom. The predicted molar refractivity (Wildman–Crippen MR) is 156 cm³/mol. The van der Waals surface area contributed by atoms with Gasteiger partial charge in [-0.25, -0.2) is 4.39 Å². The van der Waals surface area contributed by atoms with Crippen LogP contribution in [0.5, 0.6) is 5.75 Å². The first-order valence-electron chi connectivity index (χ1n) is 16.4. The number of benzene rings is 1. The van der Waals surface area contributed by atoms with Gasteiger partial charge in [0.1, 0.15) is 11.6 Å². The molecule has 1 unspecified atom stereocenters. The molecule has 1 heterocycles. The van der Waals surface area contributed by atoms with Crippen molar-refractivity contribution in [1.82, 2.24) is 0 Å². The summed E-state index contributed by atoms with van der Waals surface area (Å²) < 4.78 is 71.6. The van der Waals surface area contributed by atoms with E-state index >= 15 is 4.39 Å². The highest BCUT2D eigenvalue weighted by Gasteiger charge is 2.63. The summed E-state index contributed by atoms with van der Waals surface area (Å²) in [5.41, 5.74) is 1.32. The molecule has 1 aliphatic heterocycles. The number of hydrogen-bond acceptors (Lipinski definition) is 4. The molecule has 43 heavy (non-hydrogen) atoms. The number of fused-ring (bicyclic) bond motifs is 7. The molecular formula is C35H48F4O4. The third-order valence-electron chi connectivity index (χ3n) is 12.4. The molecule has 0 spiro atoms. The van der Waals surface area contributed by atoms with Gasteiger partial charge in [0.2, 0.25) is 0 Å². The Balaban J connectivity index is 1.12. The van der Waals surface area contributed by atoms with Gasteiger partial charge in [-0.15, -0.1) is 13.2 Å². The number of halogens is 4. The SMILES string of the molecule is C[C@H](CCCC(O)c1ccccc1OC(F)(F)F)[C@H]1CC[C@H]2C3=C(F)C[C@H]4[C@H]5OC(C)(C)O[C@H]5CC[C@]4(C)[C@H]3CC[C@]12C. The van der Waals surface area contributed by atoms with Crippen LogP contribution in [0.25, 0.3) is 0 Å². The normalized spacial score (nSPS) is 39.9. The van der Waals surface area contributed by atoms with Crippen molar-refractivity contribution in [3.63, 3.8) is 0 Å². The van der Waals surface area contributed by atoms with E-state index in [0.29, 0.717) is 31.1 Å². The van der Waals surface area contributed by atoms with E-state index in [1.165, 1.54) is 18.2 Å². The highest BCUT2D eigenvalue weighted by Crippen LogP contribution is 2.69. The minimum absolute atomic E-state index is 0.0170. The zero-order chi connectivity index (χ0) is 30.9. The van der Waals surface area contributed by atoms with Crippen LogP contribution in [-0.2, 0) is 9.47 Å². The molecule has 4 aliphatic carbocycles. The van der Waals surface area contributed by atoms with Gasteiger partial charge in [0.25, 0.3) is 0 Å². The largest absolute Gasteiger partial charge is 0.573 e. The number of alkyl halides is 3.